The third-order valence-electron chi connectivity index (χ3n) is 4.35. The van der Waals surface area contributed by atoms with Crippen LogP contribution in [0.15, 0.2) is 53.7 Å². The summed E-state index contributed by atoms with van der Waals surface area (Å²) in [6.45, 7) is 2.01. The lowest BCUT2D eigenvalue weighted by molar-refractivity contribution is -0.113. The Balaban J connectivity index is 1.80. The molecular weight excluding hydrogens is 413 g/mol. The van der Waals surface area contributed by atoms with E-state index in [2.05, 4.69) is 15.5 Å². The van der Waals surface area contributed by atoms with Crippen molar-refractivity contribution in [1.82, 2.24) is 19.7 Å². The number of halogens is 2. The van der Waals surface area contributed by atoms with E-state index in [1.165, 1.54) is 23.9 Å². The van der Waals surface area contributed by atoms with E-state index in [1.54, 1.807) is 36.4 Å². The van der Waals surface area contributed by atoms with Gasteiger partial charge in [-0.05, 0) is 69.6 Å². The lowest BCUT2D eigenvalue weighted by Crippen LogP contribution is -2.21. The van der Waals surface area contributed by atoms with Crippen LogP contribution in [0.2, 0.25) is 5.02 Å². The highest BCUT2D eigenvalue weighted by atomic mass is 35.5. The fraction of sp³-hybridized carbons (Fsp3) is 0.250. The lowest BCUT2D eigenvalue weighted by atomic mass is 10.2. The summed E-state index contributed by atoms with van der Waals surface area (Å²) in [7, 11) is 3.89. The number of hydrogen-bond donors (Lipinski definition) is 1. The number of nitrogens with one attached hydrogen (secondary N) is 1. The van der Waals surface area contributed by atoms with Crippen molar-refractivity contribution in [3.05, 3.63) is 65.2 Å². The molecule has 1 N–H and O–H groups in total. The molecule has 6 nitrogen and oxygen atoms in total. The van der Waals surface area contributed by atoms with Crippen molar-refractivity contribution in [1.29, 1.82) is 0 Å². The maximum absolute atomic E-state index is 13.4. The first kappa shape index (κ1) is 21.3. The predicted molar refractivity (Wildman–Crippen MR) is 114 cm³/mol. The number of aromatic nitrogens is 3. The van der Waals surface area contributed by atoms with Crippen LogP contribution in [-0.4, -0.2) is 45.4 Å². The number of rotatable bonds is 7. The Morgan fingerprint density at radius 2 is 1.83 bits per heavy atom. The minimum absolute atomic E-state index is 0.0233. The van der Waals surface area contributed by atoms with E-state index in [1.807, 2.05) is 30.5 Å². The third-order valence-corrected chi connectivity index (χ3v) is 5.53. The number of benzene rings is 2. The number of amides is 1. The van der Waals surface area contributed by atoms with Crippen molar-refractivity contribution in [3.63, 3.8) is 0 Å². The molecule has 0 saturated heterocycles. The van der Waals surface area contributed by atoms with E-state index >= 15 is 0 Å². The minimum Gasteiger partial charge on any atom is -0.325 e. The highest BCUT2D eigenvalue weighted by Crippen LogP contribution is 2.27. The van der Waals surface area contributed by atoms with Gasteiger partial charge in [0.1, 0.15) is 5.82 Å². The lowest BCUT2D eigenvalue weighted by Gasteiger charge is -2.20. The first-order chi connectivity index (χ1) is 13.8. The van der Waals surface area contributed by atoms with Gasteiger partial charge in [0.25, 0.3) is 0 Å². The maximum Gasteiger partial charge on any atom is 0.234 e. The van der Waals surface area contributed by atoms with Gasteiger partial charge >= 0.3 is 0 Å². The van der Waals surface area contributed by atoms with Crippen LogP contribution in [0.3, 0.4) is 0 Å². The molecule has 3 aromatic rings. The van der Waals surface area contributed by atoms with Gasteiger partial charge in [-0.15, -0.1) is 10.2 Å². The Morgan fingerprint density at radius 3 is 2.45 bits per heavy atom. The second-order valence-electron chi connectivity index (χ2n) is 6.64. The highest BCUT2D eigenvalue weighted by Gasteiger charge is 2.21. The molecule has 0 spiro atoms. The molecule has 0 radical (unpaired) electrons. The Kier molecular flexibility index (Phi) is 6.89. The molecule has 0 fully saturated rings. The van der Waals surface area contributed by atoms with Crippen molar-refractivity contribution in [2.45, 2.75) is 18.1 Å². The largest absolute Gasteiger partial charge is 0.325 e. The zero-order valence-electron chi connectivity index (χ0n) is 16.3. The van der Waals surface area contributed by atoms with E-state index in [0.717, 1.165) is 5.69 Å². The van der Waals surface area contributed by atoms with Crippen molar-refractivity contribution in [2.24, 2.45) is 0 Å². The molecule has 0 aliphatic heterocycles. The number of hydrogen-bond acceptors (Lipinski definition) is 5. The molecule has 2 aromatic carbocycles. The molecule has 29 heavy (non-hydrogen) atoms. The topological polar surface area (TPSA) is 63.1 Å². The van der Waals surface area contributed by atoms with Crippen LogP contribution < -0.4 is 5.32 Å². The van der Waals surface area contributed by atoms with E-state index in [0.29, 0.717) is 21.7 Å². The van der Waals surface area contributed by atoms with Crippen LogP contribution >= 0.6 is 23.4 Å². The van der Waals surface area contributed by atoms with Gasteiger partial charge in [-0.1, -0.05) is 23.4 Å². The van der Waals surface area contributed by atoms with E-state index in [9.17, 15) is 9.18 Å². The number of thioether (sulfide) groups is 1. The van der Waals surface area contributed by atoms with Crippen molar-refractivity contribution in [2.75, 3.05) is 25.2 Å². The minimum atomic E-state index is -0.319. The summed E-state index contributed by atoms with van der Waals surface area (Å²) in [6.07, 6.45) is 0. The Bertz CT molecular complexity index is 976. The summed E-state index contributed by atoms with van der Waals surface area (Å²) >= 11 is 7.13. The summed E-state index contributed by atoms with van der Waals surface area (Å²) in [5, 5.41) is 12.6. The van der Waals surface area contributed by atoms with Crippen LogP contribution in [0.4, 0.5) is 10.1 Å². The smallest absolute Gasteiger partial charge is 0.234 e. The predicted octanol–water partition coefficient (Wildman–Crippen LogP) is 4.41. The zero-order valence-corrected chi connectivity index (χ0v) is 17.8. The second-order valence-corrected chi connectivity index (χ2v) is 8.01. The van der Waals surface area contributed by atoms with Gasteiger partial charge in [-0.25, -0.2) is 4.39 Å². The Hall–Kier alpha value is -2.42. The van der Waals surface area contributed by atoms with Crippen LogP contribution in [0.25, 0.3) is 5.69 Å². The summed E-state index contributed by atoms with van der Waals surface area (Å²) in [4.78, 5) is 14.3. The highest BCUT2D eigenvalue weighted by molar-refractivity contribution is 7.99. The summed E-state index contributed by atoms with van der Waals surface area (Å²) in [5.74, 6) is 0.370. The molecule has 0 aliphatic carbocycles. The average Bonchev–Trinajstić information content (AvgIpc) is 3.12. The molecule has 3 rings (SSSR count). The first-order valence-electron chi connectivity index (χ1n) is 8.91. The maximum atomic E-state index is 13.4. The third kappa shape index (κ3) is 5.35. The van der Waals surface area contributed by atoms with Crippen molar-refractivity contribution < 1.29 is 9.18 Å². The molecule has 0 aliphatic rings. The molecule has 1 aromatic heterocycles. The molecule has 0 bridgehead atoms. The van der Waals surface area contributed by atoms with Gasteiger partial charge in [0.2, 0.25) is 5.91 Å². The Morgan fingerprint density at radius 1 is 1.17 bits per heavy atom. The van der Waals surface area contributed by atoms with Crippen molar-refractivity contribution >= 4 is 35.0 Å². The van der Waals surface area contributed by atoms with Gasteiger partial charge < -0.3 is 5.32 Å². The molecule has 9 heteroatoms. The van der Waals surface area contributed by atoms with Gasteiger partial charge in [-0.3, -0.25) is 14.3 Å². The monoisotopic (exact) mass is 433 g/mol. The van der Waals surface area contributed by atoms with Crippen LogP contribution in [0, 0.1) is 5.82 Å². The number of anilines is 1. The fourth-order valence-electron chi connectivity index (χ4n) is 2.57. The molecule has 1 unspecified atom stereocenters. The van der Waals surface area contributed by atoms with Gasteiger partial charge in [0.05, 0.1) is 11.8 Å². The standard InChI is InChI=1S/C20H21ClFN5OS/c1-13(26(2)3)19-24-25-20(27(19)17-10-6-15(22)7-11-17)29-12-18(28)23-16-8-4-14(21)5-9-16/h4-11,13H,12H2,1-3H3,(H,23,28). The summed E-state index contributed by atoms with van der Waals surface area (Å²) < 4.78 is 15.2. The fourth-order valence-corrected chi connectivity index (χ4v) is 3.45. The molecule has 1 amide bonds. The quantitative estimate of drug-likeness (QED) is 0.559. The molecule has 0 saturated carbocycles. The van der Waals surface area contributed by atoms with Crippen LogP contribution in [0.5, 0.6) is 0 Å². The molecule has 152 valence electrons. The first-order valence-corrected chi connectivity index (χ1v) is 10.3. The number of carbonyl (C=O) groups is 1. The van der Waals surface area contributed by atoms with E-state index in [-0.39, 0.29) is 23.5 Å². The summed E-state index contributed by atoms with van der Waals surface area (Å²) in [6, 6.07) is 13.0. The van der Waals surface area contributed by atoms with Gasteiger partial charge in [0, 0.05) is 16.4 Å². The molecule has 1 heterocycles. The second kappa shape index (κ2) is 9.39. The van der Waals surface area contributed by atoms with Crippen LogP contribution in [0.1, 0.15) is 18.8 Å². The van der Waals surface area contributed by atoms with E-state index < -0.39 is 0 Å². The molecular formula is C20H21ClFN5OS. The Labute approximate surface area is 178 Å². The van der Waals surface area contributed by atoms with Crippen LogP contribution in [-0.2, 0) is 4.79 Å². The van der Waals surface area contributed by atoms with Gasteiger partial charge in [-0.2, -0.15) is 0 Å². The number of carbonyl (C=O) groups excluding carboxylic acids is 1. The zero-order chi connectivity index (χ0) is 21.0. The number of nitrogens with zero attached hydrogens (tertiary/aromatic N) is 4. The summed E-state index contributed by atoms with van der Waals surface area (Å²) in [5.41, 5.74) is 1.41. The van der Waals surface area contributed by atoms with Crippen molar-refractivity contribution in [3.8, 4) is 5.69 Å². The SMILES string of the molecule is CC(c1nnc(SCC(=O)Nc2ccc(Cl)cc2)n1-c1ccc(F)cc1)N(C)C. The van der Waals surface area contributed by atoms with E-state index in [4.69, 9.17) is 11.6 Å². The van der Waals surface area contributed by atoms with Gasteiger partial charge in [0.15, 0.2) is 11.0 Å². The normalized spacial score (nSPS) is 12.2. The average molecular weight is 434 g/mol. The molecule has 1 atom stereocenters.